The molecule has 0 bridgehead atoms. The summed E-state index contributed by atoms with van der Waals surface area (Å²) in [5.74, 6) is 0.328. The van der Waals surface area contributed by atoms with Crippen molar-refractivity contribution in [2.75, 3.05) is 6.54 Å². The van der Waals surface area contributed by atoms with E-state index in [0.717, 1.165) is 25.7 Å². The molecule has 1 N–H and O–H groups in total. The third-order valence-electron chi connectivity index (χ3n) is 1.44. The second-order valence-corrected chi connectivity index (χ2v) is 2.50. The number of Topliss-reactive ketones (excluding diaryl/α,β-unsaturated/α-hetero) is 1. The maximum absolute atomic E-state index is 10.9. The van der Waals surface area contributed by atoms with Gasteiger partial charge in [-0.25, -0.2) is 0 Å². The van der Waals surface area contributed by atoms with Crippen LogP contribution in [0.15, 0.2) is 0 Å². The van der Waals surface area contributed by atoms with Gasteiger partial charge in [0.05, 0.1) is 0 Å². The van der Waals surface area contributed by atoms with Crippen LogP contribution in [0.2, 0.25) is 0 Å². The van der Waals surface area contributed by atoms with Crippen LogP contribution >= 0.6 is 0 Å². The van der Waals surface area contributed by atoms with Gasteiger partial charge in [-0.1, -0.05) is 13.3 Å². The zero-order valence-corrected chi connectivity index (χ0v) is 6.65. The molecule has 0 atom stereocenters. The topological polar surface area (TPSA) is 40.9 Å². The Morgan fingerprint density at radius 2 is 1.90 bits per heavy atom. The number of carbonyl (C=O) groups is 1. The summed E-state index contributed by atoms with van der Waals surface area (Å²) in [5.41, 5.74) is 6.82. The minimum absolute atomic E-state index is 0.328. The third kappa shape index (κ3) is 5.76. The predicted octanol–water partition coefficient (Wildman–Crippen LogP) is 1.81. The fourth-order valence-corrected chi connectivity index (χ4v) is 0.785. The van der Waals surface area contributed by atoms with Gasteiger partial charge in [0, 0.05) is 19.4 Å². The smallest absolute Gasteiger partial charge is 0.132 e. The summed E-state index contributed by atoms with van der Waals surface area (Å²) in [6.45, 7) is 2.47. The molecule has 10 heavy (non-hydrogen) atoms. The lowest BCUT2D eigenvalue weighted by Crippen LogP contribution is -1.98. The first-order valence-electron chi connectivity index (χ1n) is 3.97. The molecule has 59 valence electrons. The molecule has 2 heteroatoms. The first-order chi connectivity index (χ1) is 4.81. The van der Waals surface area contributed by atoms with Crippen molar-refractivity contribution >= 4 is 5.78 Å². The van der Waals surface area contributed by atoms with Crippen LogP contribution in [0.1, 0.15) is 39.0 Å². The minimum atomic E-state index is 0.328. The van der Waals surface area contributed by atoms with Crippen LogP contribution in [0, 0.1) is 0 Å². The van der Waals surface area contributed by atoms with Crippen LogP contribution in [0.3, 0.4) is 0 Å². The molecule has 0 spiro atoms. The number of carbonyl (C=O) groups excluding carboxylic acids is 1. The van der Waals surface area contributed by atoms with Gasteiger partial charge in [0.2, 0.25) is 0 Å². The second kappa shape index (κ2) is 6.75. The summed E-state index contributed by atoms with van der Waals surface area (Å²) in [7, 11) is 0. The second-order valence-electron chi connectivity index (χ2n) is 2.50. The average molecular weight is 142 g/mol. The number of hydrogen-bond donors (Lipinski definition) is 0. The Hall–Kier alpha value is -0.370. The van der Waals surface area contributed by atoms with E-state index < -0.39 is 0 Å². The SMILES string of the molecule is CCCCC(=O)CCC[NH]. The van der Waals surface area contributed by atoms with Gasteiger partial charge < -0.3 is 0 Å². The molecule has 0 aliphatic heterocycles. The van der Waals surface area contributed by atoms with Gasteiger partial charge in [-0.2, -0.15) is 0 Å². The highest BCUT2D eigenvalue weighted by atomic mass is 16.1. The quantitative estimate of drug-likeness (QED) is 0.557. The lowest BCUT2D eigenvalue weighted by molar-refractivity contribution is -0.119. The predicted molar refractivity (Wildman–Crippen MR) is 41.7 cm³/mol. The van der Waals surface area contributed by atoms with E-state index in [-0.39, 0.29) is 0 Å². The third-order valence-corrected chi connectivity index (χ3v) is 1.44. The number of nitrogens with one attached hydrogen (secondary N) is 1. The van der Waals surface area contributed by atoms with E-state index in [9.17, 15) is 4.79 Å². The molecule has 0 saturated carbocycles. The van der Waals surface area contributed by atoms with E-state index in [0.29, 0.717) is 18.7 Å². The molecular formula is C8H16NO. The van der Waals surface area contributed by atoms with Gasteiger partial charge in [0.1, 0.15) is 5.78 Å². The Bertz CT molecular complexity index is 81.3. The first-order valence-corrected chi connectivity index (χ1v) is 3.97. The van der Waals surface area contributed by atoms with Gasteiger partial charge in [0.25, 0.3) is 0 Å². The van der Waals surface area contributed by atoms with Crippen LogP contribution in [0.4, 0.5) is 0 Å². The van der Waals surface area contributed by atoms with E-state index in [4.69, 9.17) is 5.73 Å². The summed E-state index contributed by atoms with van der Waals surface area (Å²) < 4.78 is 0. The van der Waals surface area contributed by atoms with Gasteiger partial charge in [-0.3, -0.25) is 10.5 Å². The largest absolute Gasteiger partial charge is 0.300 e. The Morgan fingerprint density at radius 3 is 2.40 bits per heavy atom. The standard InChI is InChI=1S/C8H16NO/c1-2-3-5-8(10)6-4-7-9/h9H,2-7H2,1H3. The Kier molecular flexibility index (Phi) is 6.50. The van der Waals surface area contributed by atoms with Crippen LogP contribution in [-0.2, 0) is 4.79 Å². The number of unbranched alkanes of at least 4 members (excludes halogenated alkanes) is 1. The first kappa shape index (κ1) is 9.63. The lowest BCUT2D eigenvalue weighted by Gasteiger charge is -1.95. The van der Waals surface area contributed by atoms with Crippen molar-refractivity contribution in [2.24, 2.45) is 0 Å². The van der Waals surface area contributed by atoms with Crippen molar-refractivity contribution in [1.82, 2.24) is 5.73 Å². The highest BCUT2D eigenvalue weighted by molar-refractivity contribution is 5.78. The maximum atomic E-state index is 10.9. The summed E-state index contributed by atoms with van der Waals surface area (Å²) in [6, 6.07) is 0. The fraction of sp³-hybridized carbons (Fsp3) is 0.875. The molecule has 0 aromatic heterocycles. The summed E-state index contributed by atoms with van der Waals surface area (Å²) >= 11 is 0. The number of ketones is 1. The highest BCUT2D eigenvalue weighted by Gasteiger charge is 1.98. The molecule has 0 amide bonds. The minimum Gasteiger partial charge on any atom is -0.300 e. The summed E-state index contributed by atoms with van der Waals surface area (Å²) in [5, 5.41) is 0. The van der Waals surface area contributed by atoms with Crippen molar-refractivity contribution in [3.05, 3.63) is 0 Å². The van der Waals surface area contributed by atoms with Crippen LogP contribution in [-0.4, -0.2) is 12.3 Å². The Balaban J connectivity index is 3.09. The molecule has 0 unspecified atom stereocenters. The zero-order chi connectivity index (χ0) is 7.82. The van der Waals surface area contributed by atoms with Crippen LogP contribution in [0.5, 0.6) is 0 Å². The Labute approximate surface area is 62.8 Å². The highest BCUT2D eigenvalue weighted by Crippen LogP contribution is 1.99. The van der Waals surface area contributed by atoms with Crippen LogP contribution < -0.4 is 5.73 Å². The fourth-order valence-electron chi connectivity index (χ4n) is 0.785. The van der Waals surface area contributed by atoms with Gasteiger partial charge >= 0.3 is 0 Å². The monoisotopic (exact) mass is 142 g/mol. The van der Waals surface area contributed by atoms with E-state index in [1.165, 1.54) is 0 Å². The summed E-state index contributed by atoms with van der Waals surface area (Å²) in [4.78, 5) is 10.9. The van der Waals surface area contributed by atoms with E-state index >= 15 is 0 Å². The molecular weight excluding hydrogens is 126 g/mol. The molecule has 0 aromatic rings. The van der Waals surface area contributed by atoms with E-state index in [2.05, 4.69) is 6.92 Å². The average Bonchev–Trinajstić information content (AvgIpc) is 1.97. The zero-order valence-electron chi connectivity index (χ0n) is 6.65. The molecule has 2 nitrogen and oxygen atoms in total. The molecule has 0 fully saturated rings. The van der Waals surface area contributed by atoms with Crippen molar-refractivity contribution in [2.45, 2.75) is 39.0 Å². The molecule has 0 aliphatic carbocycles. The van der Waals surface area contributed by atoms with Crippen molar-refractivity contribution in [3.8, 4) is 0 Å². The van der Waals surface area contributed by atoms with Gasteiger partial charge in [-0.05, 0) is 12.8 Å². The van der Waals surface area contributed by atoms with E-state index in [1.807, 2.05) is 0 Å². The van der Waals surface area contributed by atoms with Crippen molar-refractivity contribution < 1.29 is 4.79 Å². The molecule has 0 aliphatic rings. The van der Waals surface area contributed by atoms with Crippen molar-refractivity contribution in [3.63, 3.8) is 0 Å². The van der Waals surface area contributed by atoms with E-state index in [1.54, 1.807) is 0 Å². The molecule has 1 radical (unpaired) electrons. The molecule has 0 heterocycles. The Morgan fingerprint density at radius 1 is 1.30 bits per heavy atom. The van der Waals surface area contributed by atoms with Crippen LogP contribution in [0.25, 0.3) is 0 Å². The summed E-state index contributed by atoms with van der Waals surface area (Å²) in [6.07, 6.45) is 4.17. The molecule has 0 rings (SSSR count). The van der Waals surface area contributed by atoms with Gasteiger partial charge in [0.15, 0.2) is 0 Å². The maximum Gasteiger partial charge on any atom is 0.132 e. The van der Waals surface area contributed by atoms with Gasteiger partial charge in [-0.15, -0.1) is 0 Å². The number of rotatable bonds is 6. The molecule has 0 aromatic carbocycles. The van der Waals surface area contributed by atoms with Crippen molar-refractivity contribution in [1.29, 1.82) is 0 Å². The molecule has 0 saturated heterocycles. The lowest BCUT2D eigenvalue weighted by atomic mass is 10.1. The number of hydrogen-bond acceptors (Lipinski definition) is 1. The normalized spacial score (nSPS) is 9.80.